The third kappa shape index (κ3) is 2.76. The van der Waals surface area contributed by atoms with Gasteiger partial charge in [-0.25, -0.2) is 4.39 Å². The lowest BCUT2D eigenvalue weighted by atomic mass is 10.0. The van der Waals surface area contributed by atoms with Crippen molar-refractivity contribution in [1.29, 1.82) is 0 Å². The Bertz CT molecular complexity index is 998. The average molecular weight is 375 g/mol. The summed E-state index contributed by atoms with van der Waals surface area (Å²) >= 11 is 6.09. The van der Waals surface area contributed by atoms with Gasteiger partial charge in [-0.1, -0.05) is 22.8 Å². The molecule has 132 valence electrons. The van der Waals surface area contributed by atoms with Gasteiger partial charge >= 0.3 is 0 Å². The van der Waals surface area contributed by atoms with E-state index in [1.54, 1.807) is 25.1 Å². The molecule has 2 aromatic carbocycles. The van der Waals surface area contributed by atoms with Crippen LogP contribution in [-0.4, -0.2) is 17.9 Å². The average Bonchev–Trinajstić information content (AvgIpc) is 3.21. The SMILES string of the molecule is Cc1onc(-c2c(F)cccc2Cl)c1C(=O)Nc1ccc2c(c1)OCO2. The van der Waals surface area contributed by atoms with Crippen molar-refractivity contribution in [3.8, 4) is 22.8 Å². The van der Waals surface area contributed by atoms with Gasteiger partial charge in [0.2, 0.25) is 6.79 Å². The Kier molecular flexibility index (Phi) is 4.00. The largest absolute Gasteiger partial charge is 0.454 e. The number of rotatable bonds is 3. The molecule has 3 aromatic rings. The van der Waals surface area contributed by atoms with Gasteiger partial charge in [-0.2, -0.15) is 0 Å². The van der Waals surface area contributed by atoms with E-state index in [-0.39, 0.29) is 34.4 Å². The van der Waals surface area contributed by atoms with Crippen LogP contribution in [0.4, 0.5) is 10.1 Å². The minimum Gasteiger partial charge on any atom is -0.454 e. The van der Waals surface area contributed by atoms with Gasteiger partial charge in [-0.05, 0) is 31.2 Å². The van der Waals surface area contributed by atoms with Gasteiger partial charge in [0.05, 0.1) is 10.6 Å². The smallest absolute Gasteiger partial charge is 0.261 e. The van der Waals surface area contributed by atoms with Gasteiger partial charge in [-0.15, -0.1) is 0 Å². The maximum atomic E-state index is 14.2. The second-order valence-electron chi connectivity index (χ2n) is 5.58. The molecule has 0 bridgehead atoms. The van der Waals surface area contributed by atoms with Crippen LogP contribution in [0.1, 0.15) is 16.1 Å². The number of aryl methyl sites for hydroxylation is 1. The lowest BCUT2D eigenvalue weighted by Crippen LogP contribution is -2.13. The Morgan fingerprint density at radius 3 is 2.85 bits per heavy atom. The van der Waals surface area contributed by atoms with Crippen molar-refractivity contribution in [2.24, 2.45) is 0 Å². The van der Waals surface area contributed by atoms with Gasteiger partial charge in [-0.3, -0.25) is 4.79 Å². The molecule has 0 saturated carbocycles. The van der Waals surface area contributed by atoms with E-state index in [1.165, 1.54) is 18.2 Å². The number of fused-ring (bicyclic) bond motifs is 1. The fourth-order valence-corrected chi connectivity index (χ4v) is 2.95. The van der Waals surface area contributed by atoms with Gasteiger partial charge in [0.1, 0.15) is 22.8 Å². The number of carbonyl (C=O) groups is 1. The molecule has 1 aliphatic rings. The molecule has 1 amide bonds. The molecule has 0 fully saturated rings. The van der Waals surface area contributed by atoms with E-state index in [2.05, 4.69) is 10.5 Å². The molecular weight excluding hydrogens is 363 g/mol. The third-order valence-corrected chi connectivity index (χ3v) is 4.23. The van der Waals surface area contributed by atoms with Crippen LogP contribution in [0.25, 0.3) is 11.3 Å². The van der Waals surface area contributed by atoms with Gasteiger partial charge in [0.25, 0.3) is 5.91 Å². The van der Waals surface area contributed by atoms with E-state index >= 15 is 0 Å². The molecule has 0 radical (unpaired) electrons. The first-order valence-electron chi connectivity index (χ1n) is 7.66. The number of benzene rings is 2. The van der Waals surface area contributed by atoms with Crippen molar-refractivity contribution < 1.29 is 23.2 Å². The molecule has 0 aliphatic carbocycles. The molecule has 8 heteroatoms. The van der Waals surface area contributed by atoms with Gasteiger partial charge in [0.15, 0.2) is 11.5 Å². The summed E-state index contributed by atoms with van der Waals surface area (Å²) < 4.78 is 29.9. The zero-order valence-corrected chi connectivity index (χ0v) is 14.3. The standard InChI is InChI=1S/C18H12ClFN2O4/c1-9-15(17(22-26-9)16-11(19)3-2-4-12(16)20)18(23)21-10-5-6-13-14(7-10)25-8-24-13/h2-7H,8H2,1H3,(H,21,23). The van der Waals surface area contributed by atoms with Crippen LogP contribution in [0.2, 0.25) is 5.02 Å². The highest BCUT2D eigenvalue weighted by atomic mass is 35.5. The maximum Gasteiger partial charge on any atom is 0.261 e. The maximum absolute atomic E-state index is 14.2. The summed E-state index contributed by atoms with van der Waals surface area (Å²) in [7, 11) is 0. The molecule has 1 N–H and O–H groups in total. The predicted molar refractivity (Wildman–Crippen MR) is 92.2 cm³/mol. The number of hydrogen-bond acceptors (Lipinski definition) is 5. The lowest BCUT2D eigenvalue weighted by molar-refractivity contribution is 0.102. The number of nitrogens with one attached hydrogen (secondary N) is 1. The molecule has 0 spiro atoms. The summed E-state index contributed by atoms with van der Waals surface area (Å²) in [5.74, 6) is 0.280. The summed E-state index contributed by atoms with van der Waals surface area (Å²) in [5, 5.41) is 6.68. The van der Waals surface area contributed by atoms with Gasteiger partial charge < -0.3 is 19.3 Å². The Morgan fingerprint density at radius 2 is 2.04 bits per heavy atom. The predicted octanol–water partition coefficient (Wildman–Crippen LogP) is 4.42. The van der Waals surface area contributed by atoms with Crippen LogP contribution in [0.5, 0.6) is 11.5 Å². The molecule has 0 saturated heterocycles. The number of anilines is 1. The molecule has 1 aromatic heterocycles. The fraction of sp³-hybridized carbons (Fsp3) is 0.111. The molecule has 6 nitrogen and oxygen atoms in total. The van der Waals surface area contributed by atoms with E-state index < -0.39 is 11.7 Å². The first-order valence-corrected chi connectivity index (χ1v) is 8.04. The summed E-state index contributed by atoms with van der Waals surface area (Å²) in [5.41, 5.74) is 0.658. The molecule has 1 aliphatic heterocycles. The van der Waals surface area contributed by atoms with E-state index in [0.717, 1.165) is 0 Å². The minimum absolute atomic E-state index is 0.0156. The summed E-state index contributed by atoms with van der Waals surface area (Å²) in [6.45, 7) is 1.70. The van der Waals surface area contributed by atoms with E-state index in [1.807, 2.05) is 0 Å². The third-order valence-electron chi connectivity index (χ3n) is 3.92. The number of amides is 1. The minimum atomic E-state index is -0.595. The van der Waals surface area contributed by atoms with Gasteiger partial charge in [0, 0.05) is 11.8 Å². The zero-order chi connectivity index (χ0) is 18.3. The monoisotopic (exact) mass is 374 g/mol. The second kappa shape index (κ2) is 6.34. The summed E-state index contributed by atoms with van der Waals surface area (Å²) in [4.78, 5) is 12.8. The lowest BCUT2D eigenvalue weighted by Gasteiger charge is -2.08. The highest BCUT2D eigenvalue weighted by molar-refractivity contribution is 6.33. The van der Waals surface area contributed by atoms with Crippen LogP contribution >= 0.6 is 11.6 Å². The Hall–Kier alpha value is -3.06. The second-order valence-corrected chi connectivity index (χ2v) is 5.99. The number of nitrogens with zero attached hydrogens (tertiary/aromatic N) is 1. The topological polar surface area (TPSA) is 73.6 Å². The van der Waals surface area contributed by atoms with Crippen molar-refractivity contribution in [3.05, 3.63) is 58.6 Å². The number of carbonyl (C=O) groups excluding carboxylic acids is 1. The van der Waals surface area contributed by atoms with E-state index in [4.69, 9.17) is 25.6 Å². The molecule has 26 heavy (non-hydrogen) atoms. The van der Waals surface area contributed by atoms with Crippen molar-refractivity contribution in [2.45, 2.75) is 6.92 Å². The van der Waals surface area contributed by atoms with Crippen LogP contribution in [0, 0.1) is 12.7 Å². The molecule has 0 atom stereocenters. The summed E-state index contributed by atoms with van der Waals surface area (Å²) in [6, 6.07) is 9.23. The quantitative estimate of drug-likeness (QED) is 0.734. The highest BCUT2D eigenvalue weighted by Gasteiger charge is 2.26. The number of aromatic nitrogens is 1. The van der Waals surface area contributed by atoms with Crippen LogP contribution in [0.15, 0.2) is 40.9 Å². The van der Waals surface area contributed by atoms with Crippen molar-refractivity contribution in [2.75, 3.05) is 12.1 Å². The fourth-order valence-electron chi connectivity index (χ4n) is 2.70. The van der Waals surface area contributed by atoms with E-state index in [9.17, 15) is 9.18 Å². The molecule has 2 heterocycles. The van der Waals surface area contributed by atoms with Crippen LogP contribution in [0.3, 0.4) is 0 Å². The Labute approximate surface area is 152 Å². The van der Waals surface area contributed by atoms with Crippen LogP contribution in [-0.2, 0) is 0 Å². The van der Waals surface area contributed by atoms with Crippen molar-refractivity contribution in [1.82, 2.24) is 5.16 Å². The number of ether oxygens (including phenoxy) is 2. The number of halogens is 2. The Balaban J connectivity index is 1.70. The molecular formula is C18H12ClFN2O4. The first kappa shape index (κ1) is 16.4. The first-order chi connectivity index (χ1) is 12.5. The summed E-state index contributed by atoms with van der Waals surface area (Å²) in [6.07, 6.45) is 0. The van der Waals surface area contributed by atoms with Crippen molar-refractivity contribution in [3.63, 3.8) is 0 Å². The highest BCUT2D eigenvalue weighted by Crippen LogP contribution is 2.36. The van der Waals surface area contributed by atoms with Crippen molar-refractivity contribution >= 4 is 23.2 Å². The zero-order valence-electron chi connectivity index (χ0n) is 13.5. The van der Waals surface area contributed by atoms with E-state index in [0.29, 0.717) is 17.2 Å². The van der Waals surface area contributed by atoms with Crippen LogP contribution < -0.4 is 14.8 Å². The normalized spacial score (nSPS) is 12.3. The number of hydrogen-bond donors (Lipinski definition) is 1. The Morgan fingerprint density at radius 1 is 1.23 bits per heavy atom. The molecule has 4 rings (SSSR count). The molecule has 0 unspecified atom stereocenters.